The SMILES string of the molecule is Cc1cccc(NC(=O)c2cc(NCc3ccc(Cl)cc3)ncn2)c1C. The van der Waals surface area contributed by atoms with E-state index in [4.69, 9.17) is 11.6 Å². The average Bonchev–Trinajstić information content (AvgIpc) is 2.65. The first-order valence-electron chi connectivity index (χ1n) is 8.21. The zero-order valence-corrected chi connectivity index (χ0v) is 15.3. The third-order valence-electron chi connectivity index (χ3n) is 4.14. The van der Waals surface area contributed by atoms with Gasteiger partial charge < -0.3 is 10.6 Å². The van der Waals surface area contributed by atoms with Crippen molar-refractivity contribution in [2.45, 2.75) is 20.4 Å². The number of anilines is 2. The fourth-order valence-corrected chi connectivity index (χ4v) is 2.57. The van der Waals surface area contributed by atoms with E-state index in [2.05, 4.69) is 20.6 Å². The van der Waals surface area contributed by atoms with Crippen LogP contribution < -0.4 is 10.6 Å². The highest BCUT2D eigenvalue weighted by Crippen LogP contribution is 2.19. The average molecular weight is 367 g/mol. The normalized spacial score (nSPS) is 10.4. The molecule has 5 nitrogen and oxygen atoms in total. The lowest BCUT2D eigenvalue weighted by Crippen LogP contribution is -2.15. The van der Waals surface area contributed by atoms with Gasteiger partial charge in [0.25, 0.3) is 5.91 Å². The summed E-state index contributed by atoms with van der Waals surface area (Å²) in [6.45, 7) is 4.56. The lowest BCUT2D eigenvalue weighted by atomic mass is 10.1. The molecular weight excluding hydrogens is 348 g/mol. The fraction of sp³-hybridized carbons (Fsp3) is 0.150. The Hall–Kier alpha value is -2.92. The number of carbonyl (C=O) groups excluding carboxylic acids is 1. The standard InChI is InChI=1S/C20H19ClN4O/c1-13-4-3-5-17(14(13)2)25-20(26)18-10-19(24-12-23-18)22-11-15-6-8-16(21)9-7-15/h3-10,12H,11H2,1-2H3,(H,25,26)(H,22,23,24). The molecule has 0 aliphatic heterocycles. The highest BCUT2D eigenvalue weighted by Gasteiger charge is 2.11. The molecule has 0 atom stereocenters. The molecular formula is C20H19ClN4O. The number of nitrogens with zero attached hydrogens (tertiary/aromatic N) is 2. The van der Waals surface area contributed by atoms with Gasteiger partial charge in [0.1, 0.15) is 17.8 Å². The summed E-state index contributed by atoms with van der Waals surface area (Å²) >= 11 is 5.89. The lowest BCUT2D eigenvalue weighted by molar-refractivity contribution is 0.102. The van der Waals surface area contributed by atoms with Crippen LogP contribution >= 0.6 is 11.6 Å². The highest BCUT2D eigenvalue weighted by atomic mass is 35.5. The maximum atomic E-state index is 12.5. The van der Waals surface area contributed by atoms with Gasteiger partial charge in [-0.3, -0.25) is 4.79 Å². The van der Waals surface area contributed by atoms with Crippen LogP contribution in [0.3, 0.4) is 0 Å². The molecule has 2 aromatic carbocycles. The van der Waals surface area contributed by atoms with Crippen LogP contribution in [0, 0.1) is 13.8 Å². The van der Waals surface area contributed by atoms with Crippen LogP contribution in [0.25, 0.3) is 0 Å². The Bertz CT molecular complexity index is 925. The third kappa shape index (κ3) is 4.37. The first kappa shape index (κ1) is 17.9. The first-order valence-corrected chi connectivity index (χ1v) is 8.58. The number of benzene rings is 2. The molecule has 0 saturated carbocycles. The fourth-order valence-electron chi connectivity index (χ4n) is 2.45. The Labute approximate surface area is 157 Å². The maximum Gasteiger partial charge on any atom is 0.274 e. The number of amides is 1. The zero-order valence-electron chi connectivity index (χ0n) is 14.6. The van der Waals surface area contributed by atoms with E-state index < -0.39 is 0 Å². The molecule has 0 unspecified atom stereocenters. The minimum absolute atomic E-state index is 0.268. The Morgan fingerprint density at radius 3 is 2.62 bits per heavy atom. The van der Waals surface area contributed by atoms with Crippen molar-refractivity contribution >= 4 is 29.0 Å². The number of aryl methyl sites for hydroxylation is 1. The van der Waals surface area contributed by atoms with Crippen molar-refractivity contribution in [3.05, 3.63) is 82.3 Å². The summed E-state index contributed by atoms with van der Waals surface area (Å²) in [6, 6.07) is 15.0. The number of nitrogens with one attached hydrogen (secondary N) is 2. The van der Waals surface area contributed by atoms with Crippen molar-refractivity contribution in [3.63, 3.8) is 0 Å². The summed E-state index contributed by atoms with van der Waals surface area (Å²) in [5, 5.41) is 6.78. The molecule has 0 radical (unpaired) electrons. The summed E-state index contributed by atoms with van der Waals surface area (Å²) in [5.41, 5.74) is 4.31. The minimum atomic E-state index is -0.268. The predicted octanol–water partition coefficient (Wildman–Crippen LogP) is 4.61. The molecule has 6 heteroatoms. The monoisotopic (exact) mass is 366 g/mol. The summed E-state index contributed by atoms with van der Waals surface area (Å²) in [5.74, 6) is 0.316. The molecule has 0 bridgehead atoms. The van der Waals surface area contributed by atoms with Gasteiger partial charge in [0.05, 0.1) is 0 Å². The van der Waals surface area contributed by atoms with Gasteiger partial charge in [-0.15, -0.1) is 0 Å². The van der Waals surface area contributed by atoms with Crippen LogP contribution in [0.2, 0.25) is 5.02 Å². The van der Waals surface area contributed by atoms with Gasteiger partial charge in [-0.05, 0) is 48.7 Å². The predicted molar refractivity (Wildman–Crippen MR) is 105 cm³/mol. The highest BCUT2D eigenvalue weighted by molar-refractivity contribution is 6.30. The van der Waals surface area contributed by atoms with Gasteiger partial charge in [-0.2, -0.15) is 0 Å². The summed E-state index contributed by atoms with van der Waals surface area (Å²) < 4.78 is 0. The molecule has 0 spiro atoms. The quantitative estimate of drug-likeness (QED) is 0.691. The molecule has 1 amide bonds. The second kappa shape index (κ2) is 7.97. The number of carbonyl (C=O) groups is 1. The van der Waals surface area contributed by atoms with Crippen molar-refractivity contribution < 1.29 is 4.79 Å². The van der Waals surface area contributed by atoms with E-state index in [-0.39, 0.29) is 5.91 Å². The second-order valence-electron chi connectivity index (χ2n) is 5.97. The van der Waals surface area contributed by atoms with Crippen LogP contribution in [0.5, 0.6) is 0 Å². The van der Waals surface area contributed by atoms with Crippen LogP contribution in [-0.4, -0.2) is 15.9 Å². The molecule has 0 saturated heterocycles. The lowest BCUT2D eigenvalue weighted by Gasteiger charge is -2.11. The Balaban J connectivity index is 1.69. The molecule has 1 aromatic heterocycles. The van der Waals surface area contributed by atoms with Gasteiger partial charge in [0.15, 0.2) is 0 Å². The number of hydrogen-bond donors (Lipinski definition) is 2. The van der Waals surface area contributed by atoms with E-state index >= 15 is 0 Å². The second-order valence-corrected chi connectivity index (χ2v) is 6.41. The van der Waals surface area contributed by atoms with Crippen LogP contribution in [0.15, 0.2) is 54.9 Å². The van der Waals surface area contributed by atoms with E-state index in [0.717, 1.165) is 22.4 Å². The van der Waals surface area contributed by atoms with Crippen LogP contribution in [0.4, 0.5) is 11.5 Å². The number of rotatable bonds is 5. The smallest absolute Gasteiger partial charge is 0.274 e. The largest absolute Gasteiger partial charge is 0.366 e. The minimum Gasteiger partial charge on any atom is -0.366 e. The van der Waals surface area contributed by atoms with Gasteiger partial charge in [-0.1, -0.05) is 35.9 Å². The molecule has 26 heavy (non-hydrogen) atoms. The Kier molecular flexibility index (Phi) is 5.49. The van der Waals surface area contributed by atoms with Crippen LogP contribution in [-0.2, 0) is 6.54 Å². The van der Waals surface area contributed by atoms with E-state index in [1.807, 2.05) is 56.3 Å². The van der Waals surface area contributed by atoms with Gasteiger partial charge in [-0.25, -0.2) is 9.97 Å². The van der Waals surface area contributed by atoms with E-state index in [1.54, 1.807) is 6.07 Å². The number of hydrogen-bond acceptors (Lipinski definition) is 4. The Morgan fingerprint density at radius 2 is 1.85 bits per heavy atom. The summed E-state index contributed by atoms with van der Waals surface area (Å²) in [7, 11) is 0. The van der Waals surface area contributed by atoms with Crippen molar-refractivity contribution in [2.75, 3.05) is 10.6 Å². The van der Waals surface area contributed by atoms with E-state index in [1.165, 1.54) is 6.33 Å². The number of halogens is 1. The van der Waals surface area contributed by atoms with Crippen molar-refractivity contribution in [1.82, 2.24) is 9.97 Å². The molecule has 132 valence electrons. The maximum absolute atomic E-state index is 12.5. The van der Waals surface area contributed by atoms with E-state index in [0.29, 0.717) is 23.1 Å². The first-order chi connectivity index (χ1) is 12.5. The molecule has 1 heterocycles. The molecule has 2 N–H and O–H groups in total. The van der Waals surface area contributed by atoms with Gasteiger partial charge >= 0.3 is 0 Å². The third-order valence-corrected chi connectivity index (χ3v) is 4.39. The topological polar surface area (TPSA) is 66.9 Å². The van der Waals surface area contributed by atoms with Crippen molar-refractivity contribution in [3.8, 4) is 0 Å². The van der Waals surface area contributed by atoms with Crippen molar-refractivity contribution in [2.24, 2.45) is 0 Å². The van der Waals surface area contributed by atoms with Gasteiger partial charge in [0.2, 0.25) is 0 Å². The zero-order chi connectivity index (χ0) is 18.5. The summed E-state index contributed by atoms with van der Waals surface area (Å²) in [6.07, 6.45) is 1.38. The van der Waals surface area contributed by atoms with Crippen molar-refractivity contribution in [1.29, 1.82) is 0 Å². The van der Waals surface area contributed by atoms with Gasteiger partial charge in [0, 0.05) is 23.3 Å². The molecule has 0 aliphatic rings. The summed E-state index contributed by atoms with van der Waals surface area (Å²) in [4.78, 5) is 20.7. The number of aromatic nitrogens is 2. The molecule has 0 aliphatic carbocycles. The molecule has 3 aromatic rings. The Morgan fingerprint density at radius 1 is 1.08 bits per heavy atom. The molecule has 3 rings (SSSR count). The van der Waals surface area contributed by atoms with E-state index in [9.17, 15) is 4.79 Å². The van der Waals surface area contributed by atoms with Crippen LogP contribution in [0.1, 0.15) is 27.2 Å². The molecule has 0 fully saturated rings.